The van der Waals surface area contributed by atoms with E-state index in [1.165, 1.54) is 4.68 Å². The number of carboxylic acids is 1. The second-order valence-electron chi connectivity index (χ2n) is 3.43. The van der Waals surface area contributed by atoms with Crippen LogP contribution in [0.15, 0.2) is 0 Å². The summed E-state index contributed by atoms with van der Waals surface area (Å²) < 4.78 is 41.0. The van der Waals surface area contributed by atoms with Crippen LogP contribution >= 0.6 is 0 Å². The Morgan fingerprint density at radius 1 is 1.50 bits per heavy atom. The van der Waals surface area contributed by atoms with Crippen LogP contribution in [0, 0.1) is 0 Å². The Hall–Kier alpha value is -1.64. The Morgan fingerprint density at radius 3 is 2.67 bits per heavy atom. The summed E-state index contributed by atoms with van der Waals surface area (Å²) >= 11 is 0. The maximum Gasteiger partial charge on any atom is 0.411 e. The van der Waals surface area contributed by atoms with Crippen molar-refractivity contribution in [3.8, 4) is 0 Å². The van der Waals surface area contributed by atoms with E-state index in [1.54, 1.807) is 6.92 Å². The summed E-state index contributed by atoms with van der Waals surface area (Å²) in [5.41, 5.74) is 0.173. The molecule has 0 saturated heterocycles. The number of hydrogen-bond acceptors (Lipinski definition) is 4. The Labute approximate surface area is 100 Å². The van der Waals surface area contributed by atoms with Crippen molar-refractivity contribution in [2.45, 2.75) is 26.1 Å². The summed E-state index contributed by atoms with van der Waals surface area (Å²) in [7, 11) is 0. The summed E-state index contributed by atoms with van der Waals surface area (Å²) in [6.07, 6.45) is -4.00. The maximum absolute atomic E-state index is 11.8. The highest BCUT2D eigenvalue weighted by Crippen LogP contribution is 2.14. The Bertz CT molecular complexity index is 417. The molecule has 1 aromatic heterocycles. The number of aromatic carboxylic acids is 1. The van der Waals surface area contributed by atoms with Gasteiger partial charge in [-0.25, -0.2) is 9.48 Å². The van der Waals surface area contributed by atoms with Crippen LogP contribution in [-0.2, 0) is 17.7 Å². The van der Waals surface area contributed by atoms with Crippen LogP contribution < -0.4 is 0 Å². The molecule has 0 bridgehead atoms. The van der Waals surface area contributed by atoms with Crippen molar-refractivity contribution in [3.05, 3.63) is 11.4 Å². The van der Waals surface area contributed by atoms with Crippen LogP contribution in [0.5, 0.6) is 0 Å². The first-order chi connectivity index (χ1) is 8.35. The van der Waals surface area contributed by atoms with Crippen LogP contribution in [0.4, 0.5) is 13.2 Å². The average molecular weight is 267 g/mol. The Kier molecular flexibility index (Phi) is 4.65. The van der Waals surface area contributed by atoms with Crippen molar-refractivity contribution >= 4 is 5.97 Å². The molecule has 1 aromatic rings. The van der Waals surface area contributed by atoms with Gasteiger partial charge in [0, 0.05) is 0 Å². The molecule has 9 heteroatoms. The molecule has 0 aliphatic carbocycles. The SMILES string of the molecule is CCc1c(C(=O)O)nnn1CCOCC(F)(F)F. The fourth-order valence-corrected chi connectivity index (χ4v) is 1.37. The number of halogens is 3. The third kappa shape index (κ3) is 3.99. The molecule has 0 unspecified atom stereocenters. The fraction of sp³-hybridized carbons (Fsp3) is 0.667. The standard InChI is InChI=1S/C9H12F3N3O3/c1-2-6-7(8(16)17)13-14-15(6)3-4-18-5-9(10,11)12/h2-5H2,1H3,(H,16,17). The van der Waals surface area contributed by atoms with Crippen LogP contribution in [0.2, 0.25) is 0 Å². The molecule has 6 nitrogen and oxygen atoms in total. The minimum absolute atomic E-state index is 0.0273. The van der Waals surface area contributed by atoms with Crippen molar-refractivity contribution in [2.24, 2.45) is 0 Å². The van der Waals surface area contributed by atoms with Crippen LogP contribution in [-0.4, -0.2) is 45.5 Å². The minimum Gasteiger partial charge on any atom is -0.476 e. The second kappa shape index (κ2) is 5.80. The van der Waals surface area contributed by atoms with Gasteiger partial charge in [-0.15, -0.1) is 5.10 Å². The highest BCUT2D eigenvalue weighted by Gasteiger charge is 2.27. The van der Waals surface area contributed by atoms with Gasteiger partial charge in [-0.2, -0.15) is 13.2 Å². The number of rotatable bonds is 6. The summed E-state index contributed by atoms with van der Waals surface area (Å²) in [5.74, 6) is -1.21. The van der Waals surface area contributed by atoms with Gasteiger partial charge in [-0.1, -0.05) is 12.1 Å². The Morgan fingerprint density at radius 2 is 2.17 bits per heavy atom. The largest absolute Gasteiger partial charge is 0.476 e. The van der Waals surface area contributed by atoms with Crippen molar-refractivity contribution in [1.29, 1.82) is 0 Å². The van der Waals surface area contributed by atoms with Crippen molar-refractivity contribution < 1.29 is 27.8 Å². The van der Waals surface area contributed by atoms with Gasteiger partial charge in [0.15, 0.2) is 5.69 Å². The lowest BCUT2D eigenvalue weighted by atomic mass is 10.2. The third-order valence-corrected chi connectivity index (χ3v) is 2.09. The lowest BCUT2D eigenvalue weighted by molar-refractivity contribution is -0.174. The number of carboxylic acid groups (broad SMARTS) is 1. The molecule has 18 heavy (non-hydrogen) atoms. The van der Waals surface area contributed by atoms with Crippen molar-refractivity contribution in [3.63, 3.8) is 0 Å². The summed E-state index contributed by atoms with van der Waals surface area (Å²) in [4.78, 5) is 10.8. The van der Waals surface area contributed by atoms with E-state index in [-0.39, 0.29) is 18.8 Å². The zero-order valence-corrected chi connectivity index (χ0v) is 9.57. The van der Waals surface area contributed by atoms with Gasteiger partial charge in [0.1, 0.15) is 6.61 Å². The van der Waals surface area contributed by atoms with Gasteiger partial charge in [0.25, 0.3) is 0 Å². The number of nitrogens with zero attached hydrogens (tertiary/aromatic N) is 3. The van der Waals surface area contributed by atoms with Gasteiger partial charge >= 0.3 is 12.1 Å². The predicted octanol–water partition coefficient (Wildman–Crippen LogP) is 1.12. The zero-order valence-electron chi connectivity index (χ0n) is 9.57. The lowest BCUT2D eigenvalue weighted by Crippen LogP contribution is -2.20. The van der Waals surface area contributed by atoms with E-state index in [0.717, 1.165) is 0 Å². The molecule has 1 heterocycles. The lowest BCUT2D eigenvalue weighted by Gasteiger charge is -2.08. The first kappa shape index (κ1) is 14.4. The smallest absolute Gasteiger partial charge is 0.411 e. The van der Waals surface area contributed by atoms with E-state index in [4.69, 9.17) is 5.11 Å². The first-order valence-electron chi connectivity index (χ1n) is 5.15. The number of aromatic nitrogens is 3. The summed E-state index contributed by atoms with van der Waals surface area (Å²) in [6, 6.07) is 0. The molecule has 0 aliphatic rings. The normalized spacial score (nSPS) is 11.8. The van der Waals surface area contributed by atoms with Crippen LogP contribution in [0.3, 0.4) is 0 Å². The van der Waals surface area contributed by atoms with Crippen molar-refractivity contribution in [1.82, 2.24) is 15.0 Å². The van der Waals surface area contributed by atoms with Crippen molar-refractivity contribution in [2.75, 3.05) is 13.2 Å². The molecule has 0 atom stereocenters. The molecule has 0 spiro atoms. The maximum atomic E-state index is 11.8. The minimum atomic E-state index is -4.37. The van der Waals surface area contributed by atoms with E-state index in [2.05, 4.69) is 15.0 Å². The van der Waals surface area contributed by atoms with E-state index in [9.17, 15) is 18.0 Å². The molecule has 0 amide bonds. The first-order valence-corrected chi connectivity index (χ1v) is 5.15. The number of alkyl halides is 3. The predicted molar refractivity (Wildman–Crippen MR) is 53.2 cm³/mol. The molecule has 0 fully saturated rings. The van der Waals surface area contributed by atoms with Gasteiger partial charge in [-0.05, 0) is 6.42 Å². The van der Waals surface area contributed by atoms with E-state index in [1.807, 2.05) is 0 Å². The number of hydrogen-bond donors (Lipinski definition) is 1. The van der Waals surface area contributed by atoms with Crippen LogP contribution in [0.1, 0.15) is 23.1 Å². The van der Waals surface area contributed by atoms with Gasteiger partial charge in [0.2, 0.25) is 0 Å². The van der Waals surface area contributed by atoms with E-state index >= 15 is 0 Å². The summed E-state index contributed by atoms with van der Waals surface area (Å²) in [5, 5.41) is 15.8. The van der Waals surface area contributed by atoms with Gasteiger partial charge in [-0.3, -0.25) is 0 Å². The molecule has 0 aliphatic heterocycles. The molecular formula is C9H12F3N3O3. The van der Waals surface area contributed by atoms with E-state index in [0.29, 0.717) is 12.1 Å². The number of ether oxygens (including phenoxy) is 1. The average Bonchev–Trinajstić information content (AvgIpc) is 2.66. The monoisotopic (exact) mass is 267 g/mol. The third-order valence-electron chi connectivity index (χ3n) is 2.09. The van der Waals surface area contributed by atoms with Gasteiger partial charge in [0.05, 0.1) is 18.8 Å². The highest BCUT2D eigenvalue weighted by atomic mass is 19.4. The number of carbonyl (C=O) groups is 1. The summed E-state index contributed by atoms with van der Waals surface area (Å²) in [6.45, 7) is 0.182. The molecular weight excluding hydrogens is 255 g/mol. The highest BCUT2D eigenvalue weighted by molar-refractivity contribution is 5.86. The molecule has 0 saturated carbocycles. The van der Waals surface area contributed by atoms with Gasteiger partial charge < -0.3 is 9.84 Å². The van der Waals surface area contributed by atoms with Crippen LogP contribution in [0.25, 0.3) is 0 Å². The molecule has 0 radical (unpaired) electrons. The second-order valence-corrected chi connectivity index (χ2v) is 3.43. The quantitative estimate of drug-likeness (QED) is 0.781. The molecule has 0 aromatic carbocycles. The fourth-order valence-electron chi connectivity index (χ4n) is 1.37. The molecule has 1 N–H and O–H groups in total. The Balaban J connectivity index is 2.55. The molecule has 102 valence electrons. The van der Waals surface area contributed by atoms with E-state index < -0.39 is 18.8 Å². The topological polar surface area (TPSA) is 77.2 Å². The zero-order chi connectivity index (χ0) is 13.8. The molecule has 1 rings (SSSR count).